The number of benzene rings is 1. The van der Waals surface area contributed by atoms with Gasteiger partial charge in [0.05, 0.1) is 5.56 Å². The van der Waals surface area contributed by atoms with Crippen molar-refractivity contribution >= 4 is 11.9 Å². The van der Waals surface area contributed by atoms with Crippen LogP contribution < -0.4 is 5.32 Å². The van der Waals surface area contributed by atoms with Crippen LogP contribution in [0.4, 0.5) is 5.95 Å². The molecule has 0 bridgehead atoms. The molecule has 0 aliphatic heterocycles. The minimum Gasteiger partial charge on any atom is -0.385 e. The zero-order valence-electron chi connectivity index (χ0n) is 13.5. The topological polar surface area (TPSA) is 67.3 Å². The number of rotatable bonds is 8. The molecule has 0 fully saturated rings. The summed E-state index contributed by atoms with van der Waals surface area (Å²) in [7, 11) is 3.44. The monoisotopic (exact) mass is 314 g/mol. The van der Waals surface area contributed by atoms with Crippen molar-refractivity contribution in [3.63, 3.8) is 0 Å². The Bertz CT molecular complexity index is 602. The van der Waals surface area contributed by atoms with Crippen LogP contribution in [-0.2, 0) is 11.3 Å². The molecule has 1 N–H and O–H groups in total. The van der Waals surface area contributed by atoms with Gasteiger partial charge in [0.2, 0.25) is 5.95 Å². The number of carbonyl (C=O) groups excluding carboxylic acids is 1. The van der Waals surface area contributed by atoms with E-state index in [-0.39, 0.29) is 5.91 Å². The van der Waals surface area contributed by atoms with Gasteiger partial charge in [-0.15, -0.1) is 0 Å². The highest BCUT2D eigenvalue weighted by Crippen LogP contribution is 2.08. The Morgan fingerprint density at radius 3 is 2.57 bits per heavy atom. The molecule has 2 aromatic rings. The van der Waals surface area contributed by atoms with Crippen LogP contribution in [0.5, 0.6) is 0 Å². The fraction of sp³-hybridized carbons (Fsp3) is 0.353. The predicted octanol–water partition coefficient (Wildman–Crippen LogP) is 2.20. The largest absolute Gasteiger partial charge is 0.385 e. The van der Waals surface area contributed by atoms with Gasteiger partial charge in [-0.3, -0.25) is 4.79 Å². The van der Waals surface area contributed by atoms with Crippen molar-refractivity contribution < 1.29 is 9.53 Å². The second-order valence-electron chi connectivity index (χ2n) is 5.22. The summed E-state index contributed by atoms with van der Waals surface area (Å²) >= 11 is 0. The van der Waals surface area contributed by atoms with Gasteiger partial charge in [-0.05, 0) is 12.0 Å². The van der Waals surface area contributed by atoms with Crippen LogP contribution in [0.1, 0.15) is 22.3 Å². The molecule has 0 atom stereocenters. The highest BCUT2D eigenvalue weighted by molar-refractivity contribution is 5.93. The molecule has 1 amide bonds. The lowest BCUT2D eigenvalue weighted by molar-refractivity contribution is 0.0784. The smallest absolute Gasteiger partial charge is 0.257 e. The van der Waals surface area contributed by atoms with Crippen LogP contribution in [0.2, 0.25) is 0 Å². The number of carbonyl (C=O) groups is 1. The van der Waals surface area contributed by atoms with Crippen LogP contribution in [0.25, 0.3) is 0 Å². The lowest BCUT2D eigenvalue weighted by Gasteiger charge is -2.17. The molecular formula is C17H22N4O2. The molecule has 2 rings (SSSR count). The average molecular weight is 314 g/mol. The Balaban J connectivity index is 1.89. The Morgan fingerprint density at radius 2 is 1.91 bits per heavy atom. The van der Waals surface area contributed by atoms with E-state index in [1.165, 1.54) is 0 Å². The Labute approximate surface area is 136 Å². The fourth-order valence-electron chi connectivity index (χ4n) is 2.10. The summed E-state index contributed by atoms with van der Waals surface area (Å²) in [5, 5.41) is 3.09. The highest BCUT2D eigenvalue weighted by atomic mass is 16.5. The van der Waals surface area contributed by atoms with E-state index in [1.807, 2.05) is 30.3 Å². The number of aromatic nitrogens is 2. The van der Waals surface area contributed by atoms with E-state index >= 15 is 0 Å². The summed E-state index contributed by atoms with van der Waals surface area (Å²) in [4.78, 5) is 22.4. The molecule has 0 saturated carbocycles. The molecule has 23 heavy (non-hydrogen) atoms. The van der Waals surface area contributed by atoms with Gasteiger partial charge in [0, 0.05) is 46.2 Å². The number of hydrogen-bond donors (Lipinski definition) is 1. The quantitative estimate of drug-likeness (QED) is 0.757. The van der Waals surface area contributed by atoms with Crippen molar-refractivity contribution in [1.29, 1.82) is 0 Å². The third-order valence-corrected chi connectivity index (χ3v) is 3.32. The van der Waals surface area contributed by atoms with Gasteiger partial charge in [-0.25, -0.2) is 9.97 Å². The molecule has 0 spiro atoms. The van der Waals surface area contributed by atoms with Gasteiger partial charge in [0.1, 0.15) is 0 Å². The maximum Gasteiger partial charge on any atom is 0.257 e. The van der Waals surface area contributed by atoms with Gasteiger partial charge < -0.3 is 15.0 Å². The molecule has 0 aliphatic carbocycles. The maximum absolute atomic E-state index is 12.4. The van der Waals surface area contributed by atoms with Crippen LogP contribution in [0.3, 0.4) is 0 Å². The summed E-state index contributed by atoms with van der Waals surface area (Å²) in [6.07, 6.45) is 3.98. The number of amides is 1. The SMILES string of the molecule is COCCCNc1ncc(C(=O)N(C)Cc2ccccc2)cn1. The van der Waals surface area contributed by atoms with E-state index in [1.54, 1.807) is 31.5 Å². The second kappa shape index (κ2) is 8.85. The molecular weight excluding hydrogens is 292 g/mol. The van der Waals surface area contributed by atoms with Gasteiger partial charge in [-0.1, -0.05) is 30.3 Å². The second-order valence-corrected chi connectivity index (χ2v) is 5.22. The number of anilines is 1. The number of nitrogens with one attached hydrogen (secondary N) is 1. The minimum absolute atomic E-state index is 0.0974. The molecule has 0 aliphatic rings. The van der Waals surface area contributed by atoms with Crippen molar-refractivity contribution in [2.24, 2.45) is 0 Å². The first-order chi connectivity index (χ1) is 11.2. The lowest BCUT2D eigenvalue weighted by Crippen LogP contribution is -2.26. The van der Waals surface area contributed by atoms with Crippen LogP contribution in [0.15, 0.2) is 42.7 Å². The van der Waals surface area contributed by atoms with E-state index in [4.69, 9.17) is 4.74 Å². The van der Waals surface area contributed by atoms with E-state index in [2.05, 4.69) is 15.3 Å². The van der Waals surface area contributed by atoms with Gasteiger partial charge in [-0.2, -0.15) is 0 Å². The summed E-state index contributed by atoms with van der Waals surface area (Å²) in [5.41, 5.74) is 1.56. The zero-order chi connectivity index (χ0) is 16.5. The molecule has 0 unspecified atom stereocenters. The normalized spacial score (nSPS) is 10.3. The van der Waals surface area contributed by atoms with Gasteiger partial charge in [0.25, 0.3) is 5.91 Å². The number of nitrogens with zero attached hydrogens (tertiary/aromatic N) is 3. The fourth-order valence-corrected chi connectivity index (χ4v) is 2.10. The summed E-state index contributed by atoms with van der Waals surface area (Å²) in [6.45, 7) is 1.97. The minimum atomic E-state index is -0.0974. The van der Waals surface area contributed by atoms with Crippen LogP contribution >= 0.6 is 0 Å². The average Bonchev–Trinajstić information content (AvgIpc) is 2.59. The molecule has 1 aromatic heterocycles. The van der Waals surface area contributed by atoms with Crippen molar-refractivity contribution in [2.75, 3.05) is 32.6 Å². The summed E-state index contributed by atoms with van der Waals surface area (Å²) < 4.78 is 4.97. The third kappa shape index (κ3) is 5.34. The van der Waals surface area contributed by atoms with Crippen LogP contribution in [0, 0.1) is 0 Å². The first kappa shape index (κ1) is 16.9. The Hall–Kier alpha value is -2.47. The van der Waals surface area contributed by atoms with Crippen molar-refractivity contribution in [3.05, 3.63) is 53.9 Å². The molecule has 1 heterocycles. The standard InChI is InChI=1S/C17H22N4O2/c1-21(13-14-7-4-3-5-8-14)16(22)15-11-19-17(20-12-15)18-9-6-10-23-2/h3-5,7-8,11-12H,6,9-10,13H2,1-2H3,(H,18,19,20). The summed E-state index contributed by atoms with van der Waals surface area (Å²) in [5.74, 6) is 0.420. The highest BCUT2D eigenvalue weighted by Gasteiger charge is 2.13. The van der Waals surface area contributed by atoms with Crippen molar-refractivity contribution in [3.8, 4) is 0 Å². The van der Waals surface area contributed by atoms with E-state index in [0.717, 1.165) is 18.5 Å². The molecule has 6 nitrogen and oxygen atoms in total. The number of hydrogen-bond acceptors (Lipinski definition) is 5. The van der Waals surface area contributed by atoms with Gasteiger partial charge >= 0.3 is 0 Å². The van der Waals surface area contributed by atoms with Gasteiger partial charge in [0.15, 0.2) is 0 Å². The van der Waals surface area contributed by atoms with E-state index in [0.29, 0.717) is 24.7 Å². The Morgan fingerprint density at radius 1 is 1.22 bits per heavy atom. The molecule has 1 aromatic carbocycles. The summed E-state index contributed by atoms with van der Waals surface area (Å²) in [6, 6.07) is 9.86. The lowest BCUT2D eigenvalue weighted by atomic mass is 10.2. The molecule has 6 heteroatoms. The predicted molar refractivity (Wildman–Crippen MR) is 89.3 cm³/mol. The molecule has 122 valence electrons. The zero-order valence-corrected chi connectivity index (χ0v) is 13.5. The van der Waals surface area contributed by atoms with E-state index in [9.17, 15) is 4.79 Å². The number of ether oxygens (including phenoxy) is 1. The molecule has 0 radical (unpaired) electrons. The first-order valence-corrected chi connectivity index (χ1v) is 7.55. The first-order valence-electron chi connectivity index (χ1n) is 7.55. The molecule has 0 saturated heterocycles. The Kier molecular flexibility index (Phi) is 6.50. The van der Waals surface area contributed by atoms with E-state index < -0.39 is 0 Å². The third-order valence-electron chi connectivity index (χ3n) is 3.32. The van der Waals surface area contributed by atoms with Crippen molar-refractivity contribution in [2.45, 2.75) is 13.0 Å². The number of methoxy groups -OCH3 is 1. The maximum atomic E-state index is 12.4. The van der Waals surface area contributed by atoms with Crippen molar-refractivity contribution in [1.82, 2.24) is 14.9 Å². The van der Waals surface area contributed by atoms with Crippen LogP contribution in [-0.4, -0.2) is 48.1 Å².